The van der Waals surface area contributed by atoms with Crippen LogP contribution in [0.4, 0.5) is 10.1 Å². The molecule has 1 amide bonds. The Balaban J connectivity index is 1.68. The van der Waals surface area contributed by atoms with E-state index in [2.05, 4.69) is 0 Å². The Hall–Kier alpha value is -2.36. The summed E-state index contributed by atoms with van der Waals surface area (Å²) in [6.45, 7) is 6.46. The van der Waals surface area contributed by atoms with Gasteiger partial charge in [-0.15, -0.1) is 0 Å². The van der Waals surface area contributed by atoms with Gasteiger partial charge in [0.25, 0.3) is 0 Å². The number of hydrogen-bond donors (Lipinski definition) is 0. The van der Waals surface area contributed by atoms with Crippen LogP contribution in [0.1, 0.15) is 19.4 Å². The van der Waals surface area contributed by atoms with E-state index < -0.39 is 5.41 Å². The van der Waals surface area contributed by atoms with Gasteiger partial charge in [-0.1, -0.05) is 42.5 Å². The third kappa shape index (κ3) is 3.14. The van der Waals surface area contributed by atoms with Gasteiger partial charge in [-0.25, -0.2) is 4.39 Å². The Morgan fingerprint density at radius 1 is 0.917 bits per heavy atom. The molecule has 0 atom stereocenters. The molecule has 3 rings (SSSR count). The summed E-state index contributed by atoms with van der Waals surface area (Å²) < 4.78 is 13.9. The maximum Gasteiger partial charge on any atom is 0.232 e. The first kappa shape index (κ1) is 16.5. The number of para-hydroxylation sites is 1. The van der Waals surface area contributed by atoms with Gasteiger partial charge in [0.15, 0.2) is 0 Å². The fraction of sp³-hybridized carbons (Fsp3) is 0.350. The largest absolute Gasteiger partial charge is 0.366 e. The van der Waals surface area contributed by atoms with Crippen LogP contribution in [-0.4, -0.2) is 37.0 Å². The topological polar surface area (TPSA) is 23.6 Å². The maximum absolute atomic E-state index is 13.9. The molecule has 126 valence electrons. The molecule has 0 radical (unpaired) electrons. The van der Waals surface area contributed by atoms with Gasteiger partial charge in [0.05, 0.1) is 11.1 Å². The van der Waals surface area contributed by atoms with Crippen molar-refractivity contribution in [2.75, 3.05) is 31.1 Å². The summed E-state index contributed by atoms with van der Waals surface area (Å²) >= 11 is 0. The second-order valence-electron chi connectivity index (χ2n) is 6.72. The van der Waals surface area contributed by atoms with Crippen molar-refractivity contribution >= 4 is 11.6 Å². The second-order valence-corrected chi connectivity index (χ2v) is 6.72. The maximum atomic E-state index is 13.9. The van der Waals surface area contributed by atoms with Crippen molar-refractivity contribution in [2.24, 2.45) is 0 Å². The molecule has 0 saturated carbocycles. The molecule has 1 aliphatic rings. The van der Waals surface area contributed by atoms with E-state index in [1.807, 2.05) is 60.0 Å². The van der Waals surface area contributed by atoms with Gasteiger partial charge in [0.1, 0.15) is 5.82 Å². The molecule has 1 aliphatic heterocycles. The average Bonchev–Trinajstić information content (AvgIpc) is 2.62. The Bertz CT molecular complexity index is 707. The highest BCUT2D eigenvalue weighted by Gasteiger charge is 2.35. The lowest BCUT2D eigenvalue weighted by molar-refractivity contribution is -0.136. The first-order chi connectivity index (χ1) is 11.5. The van der Waals surface area contributed by atoms with Crippen molar-refractivity contribution in [3.8, 4) is 0 Å². The lowest BCUT2D eigenvalue weighted by Gasteiger charge is -2.39. The molecule has 1 fully saturated rings. The van der Waals surface area contributed by atoms with Crippen LogP contribution in [0.2, 0.25) is 0 Å². The minimum atomic E-state index is -0.554. The van der Waals surface area contributed by atoms with Crippen molar-refractivity contribution < 1.29 is 9.18 Å². The van der Waals surface area contributed by atoms with E-state index in [0.717, 1.165) is 5.56 Å². The number of nitrogens with zero attached hydrogens (tertiary/aromatic N) is 2. The quantitative estimate of drug-likeness (QED) is 0.862. The van der Waals surface area contributed by atoms with Crippen LogP contribution in [0.15, 0.2) is 54.6 Å². The van der Waals surface area contributed by atoms with Crippen molar-refractivity contribution in [3.05, 3.63) is 66.0 Å². The molecule has 0 unspecified atom stereocenters. The minimum Gasteiger partial charge on any atom is -0.366 e. The summed E-state index contributed by atoms with van der Waals surface area (Å²) in [5, 5.41) is 0. The number of piperazine rings is 1. The van der Waals surface area contributed by atoms with Gasteiger partial charge in [-0.3, -0.25) is 4.79 Å². The average molecular weight is 326 g/mol. The smallest absolute Gasteiger partial charge is 0.232 e. The molecule has 2 aromatic carbocycles. The molecular formula is C20H23FN2O. The molecule has 1 heterocycles. The number of anilines is 1. The molecule has 24 heavy (non-hydrogen) atoms. The van der Waals surface area contributed by atoms with Crippen LogP contribution >= 0.6 is 0 Å². The Morgan fingerprint density at radius 3 is 2.12 bits per heavy atom. The summed E-state index contributed by atoms with van der Waals surface area (Å²) in [5.41, 5.74) is 1.08. The van der Waals surface area contributed by atoms with Crippen LogP contribution in [0.25, 0.3) is 0 Å². The van der Waals surface area contributed by atoms with Gasteiger partial charge in [0.2, 0.25) is 5.91 Å². The fourth-order valence-corrected chi connectivity index (χ4v) is 3.23. The van der Waals surface area contributed by atoms with Gasteiger partial charge in [-0.2, -0.15) is 0 Å². The van der Waals surface area contributed by atoms with Crippen LogP contribution in [0.3, 0.4) is 0 Å². The van der Waals surface area contributed by atoms with E-state index in [1.54, 1.807) is 12.1 Å². The molecule has 0 spiro atoms. The van der Waals surface area contributed by atoms with Crippen molar-refractivity contribution in [3.63, 3.8) is 0 Å². The standard InChI is InChI=1S/C20H23FN2O/c1-20(2,16-8-4-3-5-9-16)19(24)23-14-12-22(13-15-23)18-11-7-6-10-17(18)21/h3-11H,12-15H2,1-2H3. The molecule has 0 aromatic heterocycles. The molecule has 2 aromatic rings. The van der Waals surface area contributed by atoms with E-state index in [1.165, 1.54) is 6.07 Å². The van der Waals surface area contributed by atoms with Crippen molar-refractivity contribution in [2.45, 2.75) is 19.3 Å². The zero-order valence-corrected chi connectivity index (χ0v) is 14.2. The van der Waals surface area contributed by atoms with Gasteiger partial charge in [0, 0.05) is 26.2 Å². The SMILES string of the molecule is CC(C)(C(=O)N1CCN(c2ccccc2F)CC1)c1ccccc1. The normalized spacial score (nSPS) is 15.5. The predicted molar refractivity (Wildman–Crippen MR) is 94.7 cm³/mol. The summed E-state index contributed by atoms with van der Waals surface area (Å²) in [5.74, 6) is -0.0798. The Kier molecular flexibility index (Phi) is 4.56. The number of amides is 1. The number of hydrogen-bond acceptors (Lipinski definition) is 2. The zero-order chi connectivity index (χ0) is 17.2. The molecule has 0 aliphatic carbocycles. The van der Waals surface area contributed by atoms with Crippen LogP contribution in [-0.2, 0) is 10.2 Å². The molecule has 4 heteroatoms. The number of carbonyl (C=O) groups is 1. The van der Waals surface area contributed by atoms with Crippen LogP contribution in [0.5, 0.6) is 0 Å². The summed E-state index contributed by atoms with van der Waals surface area (Å²) in [6, 6.07) is 16.7. The van der Waals surface area contributed by atoms with Gasteiger partial charge >= 0.3 is 0 Å². The first-order valence-corrected chi connectivity index (χ1v) is 8.34. The van der Waals surface area contributed by atoms with E-state index >= 15 is 0 Å². The Labute approximate surface area is 142 Å². The van der Waals surface area contributed by atoms with E-state index in [-0.39, 0.29) is 11.7 Å². The Morgan fingerprint density at radius 2 is 1.50 bits per heavy atom. The zero-order valence-electron chi connectivity index (χ0n) is 14.2. The van der Waals surface area contributed by atoms with Crippen molar-refractivity contribution in [1.29, 1.82) is 0 Å². The highest BCUT2D eigenvalue weighted by Crippen LogP contribution is 2.27. The van der Waals surface area contributed by atoms with E-state index in [4.69, 9.17) is 0 Å². The van der Waals surface area contributed by atoms with Crippen LogP contribution in [0, 0.1) is 5.82 Å². The fourth-order valence-electron chi connectivity index (χ4n) is 3.23. The number of benzene rings is 2. The van der Waals surface area contributed by atoms with Crippen LogP contribution < -0.4 is 4.90 Å². The summed E-state index contributed by atoms with van der Waals surface area (Å²) in [6.07, 6.45) is 0. The second kappa shape index (κ2) is 6.63. The number of carbonyl (C=O) groups excluding carboxylic acids is 1. The summed E-state index contributed by atoms with van der Waals surface area (Å²) in [7, 11) is 0. The highest BCUT2D eigenvalue weighted by molar-refractivity contribution is 5.87. The molecule has 3 nitrogen and oxygen atoms in total. The summed E-state index contributed by atoms with van der Waals surface area (Å²) in [4.78, 5) is 16.9. The number of rotatable bonds is 3. The van der Waals surface area contributed by atoms with E-state index in [0.29, 0.717) is 31.9 Å². The first-order valence-electron chi connectivity index (χ1n) is 8.34. The third-order valence-corrected chi connectivity index (χ3v) is 4.79. The van der Waals surface area contributed by atoms with E-state index in [9.17, 15) is 9.18 Å². The highest BCUT2D eigenvalue weighted by atomic mass is 19.1. The van der Waals surface area contributed by atoms with Gasteiger partial charge in [-0.05, 0) is 31.5 Å². The lowest BCUT2D eigenvalue weighted by Crippen LogP contribution is -2.53. The molecule has 0 bridgehead atoms. The molecule has 1 saturated heterocycles. The predicted octanol–water partition coefficient (Wildman–Crippen LogP) is 3.45. The lowest BCUT2D eigenvalue weighted by atomic mass is 9.83. The monoisotopic (exact) mass is 326 g/mol. The van der Waals surface area contributed by atoms with Gasteiger partial charge < -0.3 is 9.80 Å². The molecule has 0 N–H and O–H groups in total. The third-order valence-electron chi connectivity index (χ3n) is 4.79. The van der Waals surface area contributed by atoms with Crippen molar-refractivity contribution in [1.82, 2.24) is 4.90 Å². The minimum absolute atomic E-state index is 0.127. The molecular weight excluding hydrogens is 303 g/mol. The number of halogens is 1.